The van der Waals surface area contributed by atoms with E-state index in [1.165, 1.54) is 12.1 Å². The SMILES string of the molecule is C[C@@H]1C[C@H]1C(=O)NCCN1CCC(O)(c2cccc(F)c2)CC1. The first kappa shape index (κ1) is 16.4. The molecule has 0 radical (unpaired) electrons. The minimum Gasteiger partial charge on any atom is -0.385 e. The van der Waals surface area contributed by atoms with Gasteiger partial charge in [-0.05, 0) is 42.9 Å². The van der Waals surface area contributed by atoms with Gasteiger partial charge in [-0.2, -0.15) is 0 Å². The largest absolute Gasteiger partial charge is 0.385 e. The molecule has 2 fully saturated rings. The summed E-state index contributed by atoms with van der Waals surface area (Å²) in [5.74, 6) is 0.613. The maximum absolute atomic E-state index is 13.3. The van der Waals surface area contributed by atoms with Crippen LogP contribution in [-0.4, -0.2) is 42.1 Å². The van der Waals surface area contributed by atoms with Crippen LogP contribution in [-0.2, 0) is 10.4 Å². The first-order valence-corrected chi connectivity index (χ1v) is 8.46. The predicted octanol–water partition coefficient (Wildman–Crippen LogP) is 1.88. The molecule has 126 valence electrons. The molecule has 4 nitrogen and oxygen atoms in total. The second-order valence-electron chi connectivity index (χ2n) is 6.99. The molecule has 2 aliphatic rings. The molecule has 2 atom stereocenters. The molecule has 1 aromatic rings. The van der Waals surface area contributed by atoms with Gasteiger partial charge in [-0.3, -0.25) is 4.79 Å². The highest BCUT2D eigenvalue weighted by Gasteiger charge is 2.39. The molecule has 1 aliphatic carbocycles. The lowest BCUT2D eigenvalue weighted by Gasteiger charge is -2.38. The van der Waals surface area contributed by atoms with E-state index in [4.69, 9.17) is 0 Å². The minimum absolute atomic E-state index is 0.172. The van der Waals surface area contributed by atoms with E-state index in [2.05, 4.69) is 17.1 Å². The van der Waals surface area contributed by atoms with E-state index in [0.717, 1.165) is 26.1 Å². The van der Waals surface area contributed by atoms with Gasteiger partial charge in [0.1, 0.15) is 5.82 Å². The Labute approximate surface area is 136 Å². The summed E-state index contributed by atoms with van der Waals surface area (Å²) < 4.78 is 13.3. The molecule has 23 heavy (non-hydrogen) atoms. The molecule has 5 heteroatoms. The molecule has 0 bridgehead atoms. The topological polar surface area (TPSA) is 52.6 Å². The van der Waals surface area contributed by atoms with E-state index >= 15 is 0 Å². The number of carbonyl (C=O) groups excluding carboxylic acids is 1. The third-order valence-electron chi connectivity index (χ3n) is 5.22. The summed E-state index contributed by atoms with van der Waals surface area (Å²) in [7, 11) is 0. The second-order valence-corrected chi connectivity index (χ2v) is 6.99. The molecule has 0 aromatic heterocycles. The Hall–Kier alpha value is -1.46. The summed E-state index contributed by atoms with van der Waals surface area (Å²) in [4.78, 5) is 14.0. The van der Waals surface area contributed by atoms with Crippen molar-refractivity contribution in [3.63, 3.8) is 0 Å². The van der Waals surface area contributed by atoms with E-state index in [-0.39, 0.29) is 17.6 Å². The third-order valence-corrected chi connectivity index (χ3v) is 5.22. The number of hydrogen-bond acceptors (Lipinski definition) is 3. The van der Waals surface area contributed by atoms with Gasteiger partial charge in [0.25, 0.3) is 0 Å². The molecule has 2 N–H and O–H groups in total. The van der Waals surface area contributed by atoms with Crippen LogP contribution in [0, 0.1) is 17.7 Å². The van der Waals surface area contributed by atoms with Crippen molar-refractivity contribution in [3.05, 3.63) is 35.6 Å². The van der Waals surface area contributed by atoms with Crippen molar-refractivity contribution in [2.45, 2.75) is 31.8 Å². The van der Waals surface area contributed by atoms with Crippen LogP contribution in [0.2, 0.25) is 0 Å². The van der Waals surface area contributed by atoms with Gasteiger partial charge in [-0.1, -0.05) is 19.1 Å². The maximum Gasteiger partial charge on any atom is 0.223 e. The van der Waals surface area contributed by atoms with Crippen molar-refractivity contribution in [1.82, 2.24) is 10.2 Å². The van der Waals surface area contributed by atoms with Crippen LogP contribution in [0.1, 0.15) is 31.7 Å². The number of rotatable bonds is 5. The van der Waals surface area contributed by atoms with E-state index < -0.39 is 5.60 Å². The lowest BCUT2D eigenvalue weighted by molar-refractivity contribution is -0.122. The standard InChI is InChI=1S/C18H25FN2O2/c1-13-11-16(13)17(22)20-7-10-21-8-5-18(23,6-9-21)14-3-2-4-15(19)12-14/h2-4,12-13,16,23H,5-11H2,1H3,(H,20,22)/t13-,16-/m1/s1. The molecular formula is C18H25FN2O2. The number of hydrogen-bond donors (Lipinski definition) is 2. The van der Waals surface area contributed by atoms with Crippen LogP contribution < -0.4 is 5.32 Å². The summed E-state index contributed by atoms with van der Waals surface area (Å²) in [5.41, 5.74) is -0.279. The van der Waals surface area contributed by atoms with Crippen molar-refractivity contribution in [2.24, 2.45) is 11.8 Å². The molecule has 3 rings (SSSR count). The van der Waals surface area contributed by atoms with Crippen LogP contribution >= 0.6 is 0 Å². The number of benzene rings is 1. The van der Waals surface area contributed by atoms with Crippen molar-refractivity contribution in [2.75, 3.05) is 26.2 Å². The highest BCUT2D eigenvalue weighted by atomic mass is 19.1. The lowest BCUT2D eigenvalue weighted by Crippen LogP contribution is -2.45. The number of amides is 1. The Bertz CT molecular complexity index is 570. The quantitative estimate of drug-likeness (QED) is 0.871. The first-order valence-electron chi connectivity index (χ1n) is 8.46. The zero-order chi connectivity index (χ0) is 16.4. The number of aliphatic hydroxyl groups is 1. The Morgan fingerprint density at radius 2 is 2.13 bits per heavy atom. The molecule has 0 spiro atoms. The van der Waals surface area contributed by atoms with E-state index in [1.54, 1.807) is 12.1 Å². The summed E-state index contributed by atoms with van der Waals surface area (Å²) in [6.45, 7) is 5.06. The van der Waals surface area contributed by atoms with Crippen LogP contribution in [0.4, 0.5) is 4.39 Å². The number of carbonyl (C=O) groups is 1. The molecule has 1 amide bonds. The predicted molar refractivity (Wildman–Crippen MR) is 86.3 cm³/mol. The summed E-state index contributed by atoms with van der Waals surface area (Å²) in [6, 6.07) is 6.25. The number of likely N-dealkylation sites (tertiary alicyclic amines) is 1. The zero-order valence-corrected chi connectivity index (χ0v) is 13.6. The van der Waals surface area contributed by atoms with Gasteiger partial charge in [0.05, 0.1) is 5.60 Å². The van der Waals surface area contributed by atoms with Gasteiger partial charge in [-0.15, -0.1) is 0 Å². The fourth-order valence-corrected chi connectivity index (χ4v) is 3.37. The van der Waals surface area contributed by atoms with Crippen molar-refractivity contribution in [3.8, 4) is 0 Å². The van der Waals surface area contributed by atoms with E-state index in [1.807, 2.05) is 0 Å². The molecular weight excluding hydrogens is 295 g/mol. The smallest absolute Gasteiger partial charge is 0.223 e. The molecule has 0 unspecified atom stereocenters. The highest BCUT2D eigenvalue weighted by molar-refractivity contribution is 5.81. The third kappa shape index (κ3) is 3.90. The van der Waals surface area contributed by atoms with Crippen LogP contribution in [0.15, 0.2) is 24.3 Å². The number of nitrogens with one attached hydrogen (secondary N) is 1. The van der Waals surface area contributed by atoms with Crippen LogP contribution in [0.5, 0.6) is 0 Å². The average Bonchev–Trinajstić information content (AvgIpc) is 3.26. The summed E-state index contributed by atoms with van der Waals surface area (Å²) >= 11 is 0. The van der Waals surface area contributed by atoms with E-state index in [9.17, 15) is 14.3 Å². The second kappa shape index (κ2) is 6.57. The van der Waals surface area contributed by atoms with Gasteiger partial charge in [-0.25, -0.2) is 4.39 Å². The van der Waals surface area contributed by atoms with Gasteiger partial charge in [0.15, 0.2) is 0 Å². The maximum atomic E-state index is 13.3. The number of nitrogens with zero attached hydrogens (tertiary/aromatic N) is 1. The van der Waals surface area contributed by atoms with Crippen LogP contribution in [0.3, 0.4) is 0 Å². The molecule has 1 saturated carbocycles. The van der Waals surface area contributed by atoms with Crippen molar-refractivity contribution < 1.29 is 14.3 Å². The van der Waals surface area contributed by atoms with E-state index in [0.29, 0.717) is 30.9 Å². The minimum atomic E-state index is -0.939. The molecule has 1 heterocycles. The number of piperidine rings is 1. The fraction of sp³-hybridized carbons (Fsp3) is 0.611. The van der Waals surface area contributed by atoms with Crippen molar-refractivity contribution >= 4 is 5.91 Å². The molecule has 1 aliphatic heterocycles. The Balaban J connectivity index is 1.44. The zero-order valence-electron chi connectivity index (χ0n) is 13.6. The first-order chi connectivity index (χ1) is 11.0. The lowest BCUT2D eigenvalue weighted by atomic mass is 9.84. The Kier molecular flexibility index (Phi) is 4.69. The highest BCUT2D eigenvalue weighted by Crippen LogP contribution is 2.37. The summed E-state index contributed by atoms with van der Waals surface area (Å²) in [5, 5.41) is 13.7. The molecule has 1 aromatic carbocycles. The fourth-order valence-electron chi connectivity index (χ4n) is 3.37. The van der Waals surface area contributed by atoms with Crippen LogP contribution in [0.25, 0.3) is 0 Å². The monoisotopic (exact) mass is 320 g/mol. The summed E-state index contributed by atoms with van der Waals surface area (Å²) in [6.07, 6.45) is 2.18. The Morgan fingerprint density at radius 3 is 2.74 bits per heavy atom. The van der Waals surface area contributed by atoms with Gasteiger partial charge in [0, 0.05) is 32.1 Å². The normalized spacial score (nSPS) is 26.7. The average molecular weight is 320 g/mol. The van der Waals surface area contributed by atoms with Gasteiger partial charge >= 0.3 is 0 Å². The number of halogens is 1. The van der Waals surface area contributed by atoms with Crippen molar-refractivity contribution in [1.29, 1.82) is 0 Å². The van der Waals surface area contributed by atoms with Gasteiger partial charge in [0.2, 0.25) is 5.91 Å². The Morgan fingerprint density at radius 1 is 1.43 bits per heavy atom. The molecule has 1 saturated heterocycles. The van der Waals surface area contributed by atoms with Gasteiger partial charge < -0.3 is 15.3 Å².